The summed E-state index contributed by atoms with van der Waals surface area (Å²) in [5.41, 5.74) is 0.959. The Balaban J connectivity index is 2.01. The van der Waals surface area contributed by atoms with Crippen molar-refractivity contribution in [3.63, 3.8) is 0 Å². The molecule has 0 aliphatic carbocycles. The third-order valence-electron chi connectivity index (χ3n) is 5.51. The van der Waals surface area contributed by atoms with Crippen LogP contribution in [0.15, 0.2) is 60.7 Å². The molecule has 0 aromatic heterocycles. The van der Waals surface area contributed by atoms with E-state index < -0.39 is 53.7 Å². The Kier molecular flexibility index (Phi) is 8.33. The summed E-state index contributed by atoms with van der Waals surface area (Å²) >= 11 is 0. The molecule has 4 atom stereocenters. The molecule has 2 aromatic rings. The first-order valence-electron chi connectivity index (χ1n) is 11.6. The summed E-state index contributed by atoms with van der Waals surface area (Å²) < 4.78 is 22.1. The molecule has 1 aliphatic rings. The molecule has 1 heterocycles. The number of rotatable bonds is 8. The molecule has 2 N–H and O–H groups in total. The van der Waals surface area contributed by atoms with Gasteiger partial charge >= 0.3 is 11.9 Å². The smallest absolute Gasteiger partial charge is 0.337 e. The lowest BCUT2D eigenvalue weighted by Gasteiger charge is -2.33. The second kappa shape index (κ2) is 10.9. The van der Waals surface area contributed by atoms with Crippen molar-refractivity contribution in [1.82, 2.24) is 5.32 Å². The van der Waals surface area contributed by atoms with Crippen LogP contribution in [-0.4, -0.2) is 59.9 Å². The number of hydrogen-bond acceptors (Lipinski definition) is 8. The van der Waals surface area contributed by atoms with Crippen molar-refractivity contribution in [1.29, 1.82) is 0 Å². The molecule has 1 unspecified atom stereocenters. The van der Waals surface area contributed by atoms with Gasteiger partial charge in [-0.05, 0) is 45.7 Å². The molecule has 0 radical (unpaired) electrons. The predicted octanol–water partition coefficient (Wildman–Crippen LogP) is 3.13. The lowest BCUT2D eigenvalue weighted by atomic mass is 9.94. The second-order valence-electron chi connectivity index (χ2n) is 9.97. The van der Waals surface area contributed by atoms with E-state index in [4.69, 9.17) is 18.9 Å². The minimum absolute atomic E-state index is 0.462. The van der Waals surface area contributed by atoms with E-state index in [-0.39, 0.29) is 0 Å². The summed E-state index contributed by atoms with van der Waals surface area (Å²) in [6.45, 7) is 8.49. The van der Waals surface area contributed by atoms with Gasteiger partial charge in [-0.15, -0.1) is 0 Å². The Labute approximate surface area is 206 Å². The number of methoxy groups -OCH3 is 1. The van der Waals surface area contributed by atoms with Crippen molar-refractivity contribution in [3.8, 4) is 0 Å². The molecule has 0 saturated carbocycles. The van der Waals surface area contributed by atoms with Crippen LogP contribution < -0.4 is 5.32 Å². The normalized spacial score (nSPS) is 21.4. The van der Waals surface area contributed by atoms with Crippen LogP contribution in [0.3, 0.4) is 0 Å². The number of aliphatic hydroxyl groups is 1. The van der Waals surface area contributed by atoms with Gasteiger partial charge in [-0.25, -0.2) is 4.79 Å². The fraction of sp³-hybridized carbons (Fsp3) is 0.481. The molecule has 3 rings (SSSR count). The highest BCUT2D eigenvalue weighted by Gasteiger charge is 2.52. The molecule has 35 heavy (non-hydrogen) atoms. The van der Waals surface area contributed by atoms with Gasteiger partial charge in [0.1, 0.15) is 23.9 Å². The molecule has 0 bridgehead atoms. The van der Waals surface area contributed by atoms with Crippen LogP contribution in [-0.2, 0) is 28.5 Å². The summed E-state index contributed by atoms with van der Waals surface area (Å²) in [6, 6.07) is 17.4. The van der Waals surface area contributed by atoms with Crippen molar-refractivity contribution in [3.05, 3.63) is 71.8 Å². The Morgan fingerprint density at radius 3 is 1.94 bits per heavy atom. The highest BCUT2D eigenvalue weighted by atomic mass is 16.8. The van der Waals surface area contributed by atoms with Crippen molar-refractivity contribution in [2.45, 2.75) is 76.4 Å². The van der Waals surface area contributed by atoms with Crippen LogP contribution in [0.5, 0.6) is 0 Å². The Bertz CT molecular complexity index is 948. The third-order valence-corrected chi connectivity index (χ3v) is 5.51. The average Bonchev–Trinajstić information content (AvgIpc) is 3.14. The molecule has 1 fully saturated rings. The zero-order valence-electron chi connectivity index (χ0n) is 21.1. The van der Waals surface area contributed by atoms with Crippen molar-refractivity contribution in [2.24, 2.45) is 0 Å². The van der Waals surface area contributed by atoms with E-state index in [2.05, 4.69) is 5.32 Å². The molecule has 2 aromatic carbocycles. The average molecular weight is 486 g/mol. The number of hydrogen-bond donors (Lipinski definition) is 2. The highest BCUT2D eigenvalue weighted by molar-refractivity contribution is 5.79. The van der Waals surface area contributed by atoms with Gasteiger partial charge in [0, 0.05) is 0 Å². The summed E-state index contributed by atoms with van der Waals surface area (Å²) in [7, 11) is 1.23. The minimum Gasteiger partial charge on any atom is -0.467 e. The van der Waals surface area contributed by atoms with E-state index in [0.29, 0.717) is 0 Å². The quantitative estimate of drug-likeness (QED) is 0.550. The fourth-order valence-electron chi connectivity index (χ4n) is 4.05. The summed E-state index contributed by atoms with van der Waals surface area (Å²) in [6.07, 6.45) is -3.89. The van der Waals surface area contributed by atoms with Gasteiger partial charge in [0.15, 0.2) is 11.9 Å². The van der Waals surface area contributed by atoms with E-state index >= 15 is 0 Å². The Morgan fingerprint density at radius 1 is 0.971 bits per heavy atom. The van der Waals surface area contributed by atoms with Crippen LogP contribution >= 0.6 is 0 Å². The molecule has 0 spiro atoms. The van der Waals surface area contributed by atoms with Gasteiger partial charge in [0.05, 0.1) is 13.2 Å². The molecule has 8 heteroatoms. The van der Waals surface area contributed by atoms with Gasteiger partial charge in [0.25, 0.3) is 0 Å². The maximum atomic E-state index is 13.4. The van der Waals surface area contributed by atoms with Crippen molar-refractivity contribution < 1.29 is 33.6 Å². The number of nitrogens with one attached hydrogen (secondary N) is 1. The first kappa shape index (κ1) is 26.8. The van der Waals surface area contributed by atoms with Crippen molar-refractivity contribution >= 4 is 11.9 Å². The van der Waals surface area contributed by atoms with Crippen molar-refractivity contribution in [2.75, 3.05) is 7.11 Å². The number of aliphatic hydroxyl groups excluding tert-OH is 1. The molecular weight excluding hydrogens is 450 g/mol. The topological polar surface area (TPSA) is 103 Å². The highest BCUT2D eigenvalue weighted by Crippen LogP contribution is 2.33. The molecule has 1 saturated heterocycles. The van der Waals surface area contributed by atoms with E-state index in [1.165, 1.54) is 7.11 Å². The Hall–Kier alpha value is -2.78. The van der Waals surface area contributed by atoms with Crippen LogP contribution in [0, 0.1) is 0 Å². The van der Waals surface area contributed by atoms with Gasteiger partial charge in [0.2, 0.25) is 0 Å². The minimum atomic E-state index is -1.49. The van der Waals surface area contributed by atoms with Crippen LogP contribution in [0.1, 0.15) is 51.8 Å². The monoisotopic (exact) mass is 485 g/mol. The van der Waals surface area contributed by atoms with Gasteiger partial charge in [-0.3, -0.25) is 10.1 Å². The third kappa shape index (κ3) is 6.89. The van der Waals surface area contributed by atoms with Crippen LogP contribution in [0.25, 0.3) is 0 Å². The van der Waals surface area contributed by atoms with E-state index in [9.17, 15) is 14.7 Å². The van der Waals surface area contributed by atoms with Gasteiger partial charge in [-0.2, -0.15) is 0 Å². The first-order valence-corrected chi connectivity index (χ1v) is 11.6. The SMILES string of the molecule is COC(=O)C1OC(C)(C)O[C@@H]1[C@@H](O)[C@H](NC(c1ccccc1)c1ccccc1)C(=O)OC(C)(C)C. The number of benzene rings is 2. The molecule has 190 valence electrons. The number of carbonyl (C=O) groups excluding carboxylic acids is 2. The summed E-state index contributed by atoms with van der Waals surface area (Å²) in [5, 5.41) is 14.8. The molecular formula is C27H35NO7. The zero-order chi connectivity index (χ0) is 25.8. The Morgan fingerprint density at radius 2 is 1.49 bits per heavy atom. The molecule has 0 amide bonds. The predicted molar refractivity (Wildman–Crippen MR) is 129 cm³/mol. The second-order valence-corrected chi connectivity index (χ2v) is 9.97. The zero-order valence-corrected chi connectivity index (χ0v) is 21.1. The largest absolute Gasteiger partial charge is 0.467 e. The summed E-state index contributed by atoms with van der Waals surface area (Å²) in [5.74, 6) is -2.55. The number of ether oxygens (including phenoxy) is 4. The lowest BCUT2D eigenvalue weighted by Crippen LogP contribution is -2.57. The molecule has 8 nitrogen and oxygen atoms in total. The lowest BCUT2D eigenvalue weighted by molar-refractivity contribution is -0.173. The fourth-order valence-corrected chi connectivity index (χ4v) is 4.05. The summed E-state index contributed by atoms with van der Waals surface area (Å²) in [4.78, 5) is 25.8. The standard InChI is InChI=1S/C27H35NO7/c1-26(2,3)35-24(30)20(21(29)22-23(25(31)32-6)34-27(4,5)33-22)28-19(17-13-9-7-10-14-17)18-15-11-8-12-16-18/h7-16,19-23,28-29H,1-6H3/t20-,21-,22+,23?/m0/s1. The van der Waals surface area contributed by atoms with Gasteiger partial charge < -0.3 is 24.1 Å². The number of carbonyl (C=O) groups is 2. The van der Waals surface area contributed by atoms with Gasteiger partial charge in [-0.1, -0.05) is 60.7 Å². The maximum Gasteiger partial charge on any atom is 0.337 e. The van der Waals surface area contributed by atoms with E-state index in [0.717, 1.165) is 11.1 Å². The first-order chi connectivity index (χ1) is 16.4. The number of esters is 2. The molecule has 1 aliphatic heterocycles. The van der Waals surface area contributed by atoms with Crippen LogP contribution in [0.4, 0.5) is 0 Å². The maximum absolute atomic E-state index is 13.4. The van der Waals surface area contributed by atoms with E-state index in [1.54, 1.807) is 34.6 Å². The van der Waals surface area contributed by atoms with E-state index in [1.807, 2.05) is 60.7 Å². The van der Waals surface area contributed by atoms with Crippen LogP contribution in [0.2, 0.25) is 0 Å².